The quantitative estimate of drug-likeness (QED) is 0.821. The summed E-state index contributed by atoms with van der Waals surface area (Å²) in [6, 6.07) is 0.367. The Hall–Kier alpha value is -0.950. The molecule has 0 saturated carbocycles. The van der Waals surface area contributed by atoms with Gasteiger partial charge in [0, 0.05) is 37.5 Å². The van der Waals surface area contributed by atoms with E-state index in [1.54, 1.807) is 0 Å². The third-order valence-corrected chi connectivity index (χ3v) is 5.35. The molecular weight excluding hydrogens is 306 g/mol. The molecule has 3 rings (SSSR count). The first-order valence-electron chi connectivity index (χ1n) is 9.17. The number of β-amino-alcohol motifs (C(OH)–C–C–N with tert-alkyl or cyclic N) is 1. The van der Waals surface area contributed by atoms with Crippen LogP contribution in [0, 0.1) is 13.8 Å². The highest BCUT2D eigenvalue weighted by atomic mass is 16.5. The summed E-state index contributed by atoms with van der Waals surface area (Å²) in [5.41, 5.74) is 3.67. The lowest BCUT2D eigenvalue weighted by Gasteiger charge is -2.27. The Kier molecular flexibility index (Phi) is 5.92. The highest BCUT2D eigenvalue weighted by molar-refractivity contribution is 5.29. The first-order valence-corrected chi connectivity index (χ1v) is 9.17. The molecule has 2 saturated heterocycles. The molecule has 6 heteroatoms. The van der Waals surface area contributed by atoms with Gasteiger partial charge in [0.25, 0.3) is 0 Å². The van der Waals surface area contributed by atoms with Crippen molar-refractivity contribution >= 4 is 0 Å². The van der Waals surface area contributed by atoms with Crippen LogP contribution in [0.15, 0.2) is 0 Å². The third-order valence-electron chi connectivity index (χ3n) is 5.35. The largest absolute Gasteiger partial charge is 0.389 e. The monoisotopic (exact) mass is 337 g/mol. The molecule has 2 fully saturated rings. The van der Waals surface area contributed by atoms with E-state index < -0.39 is 6.10 Å². The molecule has 0 amide bonds. The van der Waals surface area contributed by atoms with Crippen molar-refractivity contribution in [2.75, 3.05) is 32.9 Å². The van der Waals surface area contributed by atoms with Crippen molar-refractivity contribution in [3.8, 4) is 0 Å². The fourth-order valence-electron chi connectivity index (χ4n) is 4.08. The van der Waals surface area contributed by atoms with Crippen LogP contribution in [0.1, 0.15) is 48.7 Å². The van der Waals surface area contributed by atoms with Gasteiger partial charge in [-0.2, -0.15) is 5.10 Å². The molecule has 0 aliphatic carbocycles. The van der Waals surface area contributed by atoms with E-state index in [1.165, 1.54) is 17.7 Å². The van der Waals surface area contributed by atoms with Gasteiger partial charge in [0.15, 0.2) is 0 Å². The molecule has 2 aliphatic rings. The number of rotatable bonds is 7. The summed E-state index contributed by atoms with van der Waals surface area (Å²) in [5, 5.41) is 14.9. The van der Waals surface area contributed by atoms with Crippen molar-refractivity contribution in [2.45, 2.75) is 57.8 Å². The second-order valence-corrected chi connectivity index (χ2v) is 7.19. The van der Waals surface area contributed by atoms with E-state index in [-0.39, 0.29) is 6.10 Å². The lowest BCUT2D eigenvalue weighted by atomic mass is 10.0. The minimum atomic E-state index is -0.454. The van der Waals surface area contributed by atoms with Crippen molar-refractivity contribution in [2.24, 2.45) is 7.05 Å². The predicted molar refractivity (Wildman–Crippen MR) is 92.0 cm³/mol. The van der Waals surface area contributed by atoms with E-state index in [0.717, 1.165) is 38.1 Å². The van der Waals surface area contributed by atoms with Gasteiger partial charge >= 0.3 is 0 Å². The van der Waals surface area contributed by atoms with Gasteiger partial charge in [-0.3, -0.25) is 9.58 Å². The average Bonchev–Trinajstić information content (AvgIpc) is 3.24. The number of aryl methyl sites for hydroxylation is 2. The van der Waals surface area contributed by atoms with Gasteiger partial charge < -0.3 is 14.6 Å². The van der Waals surface area contributed by atoms with E-state index in [0.29, 0.717) is 25.8 Å². The molecule has 6 nitrogen and oxygen atoms in total. The first-order chi connectivity index (χ1) is 11.6. The van der Waals surface area contributed by atoms with Crippen LogP contribution in [0.2, 0.25) is 0 Å². The summed E-state index contributed by atoms with van der Waals surface area (Å²) >= 11 is 0. The smallest absolute Gasteiger partial charge is 0.0900 e. The maximum atomic E-state index is 10.4. The summed E-state index contributed by atoms with van der Waals surface area (Å²) in [6.07, 6.45) is 4.26. The van der Waals surface area contributed by atoms with Gasteiger partial charge in [-0.05, 0) is 46.1 Å². The molecule has 3 atom stereocenters. The number of hydrogen-bond acceptors (Lipinski definition) is 5. The maximum absolute atomic E-state index is 10.4. The van der Waals surface area contributed by atoms with Crippen LogP contribution in [-0.4, -0.2) is 64.9 Å². The van der Waals surface area contributed by atoms with Crippen LogP contribution < -0.4 is 0 Å². The van der Waals surface area contributed by atoms with Crippen molar-refractivity contribution in [1.29, 1.82) is 0 Å². The molecule has 0 unspecified atom stereocenters. The number of aromatic nitrogens is 2. The van der Waals surface area contributed by atoms with Gasteiger partial charge in [-0.25, -0.2) is 0 Å². The second-order valence-electron chi connectivity index (χ2n) is 7.19. The lowest BCUT2D eigenvalue weighted by Crippen LogP contribution is -2.35. The van der Waals surface area contributed by atoms with Gasteiger partial charge in [0.1, 0.15) is 0 Å². The van der Waals surface area contributed by atoms with Gasteiger partial charge in [-0.1, -0.05) is 0 Å². The zero-order chi connectivity index (χ0) is 17.1. The number of aliphatic hydroxyl groups excluding tert-OH is 1. The molecule has 1 N–H and O–H groups in total. The van der Waals surface area contributed by atoms with Crippen LogP contribution in [0.4, 0.5) is 0 Å². The SMILES string of the molecule is Cc1nn(C)c(C)c1[C@@H]1CCCN1C[C@@H](O)COC[C@H]1CCCO1. The molecule has 0 spiro atoms. The minimum Gasteiger partial charge on any atom is -0.389 e. The zero-order valence-corrected chi connectivity index (χ0v) is 15.2. The highest BCUT2D eigenvalue weighted by Gasteiger charge is 2.31. The molecule has 1 aromatic heterocycles. The summed E-state index contributed by atoms with van der Waals surface area (Å²) < 4.78 is 13.2. The van der Waals surface area contributed by atoms with E-state index in [1.807, 2.05) is 11.7 Å². The molecule has 3 heterocycles. The second kappa shape index (κ2) is 7.95. The van der Waals surface area contributed by atoms with E-state index >= 15 is 0 Å². The number of ether oxygens (including phenoxy) is 2. The number of nitrogens with zero attached hydrogens (tertiary/aromatic N) is 3. The van der Waals surface area contributed by atoms with Crippen LogP contribution in [0.5, 0.6) is 0 Å². The predicted octanol–water partition coefficient (Wildman–Crippen LogP) is 1.73. The first kappa shape index (κ1) is 17.9. The Morgan fingerprint density at radius 3 is 2.83 bits per heavy atom. The molecular formula is C18H31N3O3. The standard InChI is InChI=1S/C18H31N3O3/c1-13-18(14(2)20(3)19-13)17-7-4-8-21(17)10-15(22)11-23-12-16-6-5-9-24-16/h15-17,22H,4-12H2,1-3H3/t15-,16-,17+/m1/s1. The average molecular weight is 337 g/mol. The fraction of sp³-hybridized carbons (Fsp3) is 0.833. The summed E-state index contributed by atoms with van der Waals surface area (Å²) in [4.78, 5) is 2.39. The minimum absolute atomic E-state index is 0.220. The fourth-order valence-corrected chi connectivity index (χ4v) is 4.08. The van der Waals surface area contributed by atoms with E-state index in [9.17, 15) is 5.11 Å². The zero-order valence-electron chi connectivity index (χ0n) is 15.2. The summed E-state index contributed by atoms with van der Waals surface area (Å²) in [6.45, 7) is 7.73. The third kappa shape index (κ3) is 3.99. The number of hydrogen-bond donors (Lipinski definition) is 1. The van der Waals surface area contributed by atoms with Crippen LogP contribution in [0.25, 0.3) is 0 Å². The number of likely N-dealkylation sites (tertiary alicyclic amines) is 1. The van der Waals surface area contributed by atoms with E-state index in [2.05, 4.69) is 23.8 Å². The summed E-state index contributed by atoms with van der Waals surface area (Å²) in [7, 11) is 2.00. The van der Waals surface area contributed by atoms with Crippen molar-refractivity contribution < 1.29 is 14.6 Å². The van der Waals surface area contributed by atoms with Gasteiger partial charge in [0.05, 0.1) is 31.1 Å². The van der Waals surface area contributed by atoms with Crippen molar-refractivity contribution in [1.82, 2.24) is 14.7 Å². The summed E-state index contributed by atoms with van der Waals surface area (Å²) in [5.74, 6) is 0. The van der Waals surface area contributed by atoms with Gasteiger partial charge in [0.2, 0.25) is 0 Å². The topological polar surface area (TPSA) is 59.8 Å². The van der Waals surface area contributed by atoms with Crippen LogP contribution >= 0.6 is 0 Å². The Morgan fingerprint density at radius 2 is 2.17 bits per heavy atom. The molecule has 2 aliphatic heterocycles. The Morgan fingerprint density at radius 1 is 1.33 bits per heavy atom. The normalized spacial score (nSPS) is 26.3. The van der Waals surface area contributed by atoms with Crippen LogP contribution in [-0.2, 0) is 16.5 Å². The molecule has 0 bridgehead atoms. The molecule has 136 valence electrons. The van der Waals surface area contributed by atoms with Crippen molar-refractivity contribution in [3.05, 3.63) is 17.0 Å². The highest BCUT2D eigenvalue weighted by Crippen LogP contribution is 2.35. The molecule has 0 radical (unpaired) electrons. The molecule has 0 aromatic carbocycles. The Balaban J connectivity index is 1.51. The maximum Gasteiger partial charge on any atom is 0.0900 e. The van der Waals surface area contributed by atoms with Gasteiger partial charge in [-0.15, -0.1) is 0 Å². The molecule has 24 heavy (non-hydrogen) atoms. The van der Waals surface area contributed by atoms with Crippen LogP contribution in [0.3, 0.4) is 0 Å². The number of aliphatic hydroxyl groups is 1. The Labute approximate surface area is 144 Å². The molecule has 1 aromatic rings. The van der Waals surface area contributed by atoms with Crippen molar-refractivity contribution in [3.63, 3.8) is 0 Å². The Bertz CT molecular complexity index is 540. The lowest BCUT2D eigenvalue weighted by molar-refractivity contribution is -0.0262. The van der Waals surface area contributed by atoms with E-state index in [4.69, 9.17) is 9.47 Å².